The number of rotatable bonds is 3. The van der Waals surface area contributed by atoms with Gasteiger partial charge < -0.3 is 14.8 Å². The van der Waals surface area contributed by atoms with E-state index in [0.717, 1.165) is 19.5 Å². The van der Waals surface area contributed by atoms with Crippen LogP contribution in [0.15, 0.2) is 0 Å². The fourth-order valence-corrected chi connectivity index (χ4v) is 0.663. The summed E-state index contributed by atoms with van der Waals surface area (Å²) in [7, 11) is 1.69. The molecule has 0 radical (unpaired) electrons. The van der Waals surface area contributed by atoms with Crippen molar-refractivity contribution in [2.45, 2.75) is 12.2 Å². The van der Waals surface area contributed by atoms with E-state index >= 15 is 0 Å². The maximum Gasteiger partial charge on any atom is 0.471 e. The molecule has 0 aromatic heterocycles. The summed E-state index contributed by atoms with van der Waals surface area (Å²) in [4.78, 5) is 32.2. The van der Waals surface area contributed by atoms with Gasteiger partial charge in [0.1, 0.15) is 0 Å². The third kappa shape index (κ3) is 3.75. The number of methoxy groups -OCH3 is 2. The molecule has 0 saturated carbocycles. The van der Waals surface area contributed by atoms with Crippen LogP contribution >= 0.6 is 0 Å². The first-order valence-corrected chi connectivity index (χ1v) is 3.77. The zero-order valence-electron chi connectivity index (χ0n) is 8.25. The van der Waals surface area contributed by atoms with Crippen LogP contribution in [0.5, 0.6) is 0 Å². The Morgan fingerprint density at radius 2 is 1.44 bits per heavy atom. The molecule has 0 aromatic rings. The number of hydrogen-bond donors (Lipinski definition) is 1. The second-order valence-corrected chi connectivity index (χ2v) is 2.45. The van der Waals surface area contributed by atoms with Crippen LogP contribution in [-0.2, 0) is 23.9 Å². The molecule has 0 saturated heterocycles. The molecule has 1 N–H and O–H groups in total. The average molecular weight is 243 g/mol. The third-order valence-electron chi connectivity index (χ3n) is 1.41. The van der Waals surface area contributed by atoms with Gasteiger partial charge in [-0.1, -0.05) is 0 Å². The van der Waals surface area contributed by atoms with Gasteiger partial charge in [0.05, 0.1) is 14.2 Å². The standard InChI is InChI=1S/C7H8F3NO5/c1-15-4(12)3(5(13)16-2)11-6(14)7(8,9)10/h3H,1-2H3,(H,11,14). The van der Waals surface area contributed by atoms with E-state index in [1.54, 1.807) is 0 Å². The fraction of sp³-hybridized carbons (Fsp3) is 0.571. The molecule has 6 nitrogen and oxygen atoms in total. The number of carbonyl (C=O) groups is 3. The molecule has 92 valence electrons. The van der Waals surface area contributed by atoms with E-state index in [1.165, 1.54) is 0 Å². The van der Waals surface area contributed by atoms with E-state index in [2.05, 4.69) is 9.47 Å². The van der Waals surface area contributed by atoms with Gasteiger partial charge in [0.15, 0.2) is 0 Å². The molecule has 0 aliphatic carbocycles. The second-order valence-electron chi connectivity index (χ2n) is 2.45. The number of ether oxygens (including phenoxy) is 2. The topological polar surface area (TPSA) is 81.7 Å². The Labute approximate surface area is 87.7 Å². The van der Waals surface area contributed by atoms with Crippen molar-refractivity contribution >= 4 is 17.8 Å². The minimum atomic E-state index is -5.21. The van der Waals surface area contributed by atoms with Crippen LogP contribution in [0.4, 0.5) is 13.2 Å². The Hall–Kier alpha value is -1.80. The van der Waals surface area contributed by atoms with Crippen molar-refractivity contribution in [2.75, 3.05) is 14.2 Å². The molecule has 0 aliphatic rings. The maximum absolute atomic E-state index is 11.8. The summed E-state index contributed by atoms with van der Waals surface area (Å²) in [5.41, 5.74) is 0. The Morgan fingerprint density at radius 3 is 1.69 bits per heavy atom. The number of halogens is 3. The predicted molar refractivity (Wildman–Crippen MR) is 42.0 cm³/mol. The smallest absolute Gasteiger partial charge is 0.467 e. The minimum absolute atomic E-state index is 0.845. The molecule has 0 fully saturated rings. The highest BCUT2D eigenvalue weighted by Gasteiger charge is 2.43. The number of amides is 1. The van der Waals surface area contributed by atoms with Crippen molar-refractivity contribution in [3.05, 3.63) is 0 Å². The van der Waals surface area contributed by atoms with E-state index < -0.39 is 30.1 Å². The molecule has 0 spiro atoms. The van der Waals surface area contributed by atoms with Gasteiger partial charge >= 0.3 is 24.0 Å². The van der Waals surface area contributed by atoms with Gasteiger partial charge in [-0.15, -0.1) is 0 Å². The first-order valence-electron chi connectivity index (χ1n) is 3.77. The van der Waals surface area contributed by atoms with Crippen molar-refractivity contribution in [3.8, 4) is 0 Å². The molecule has 0 bridgehead atoms. The number of esters is 2. The van der Waals surface area contributed by atoms with Crippen LogP contribution in [0.1, 0.15) is 0 Å². The lowest BCUT2D eigenvalue weighted by molar-refractivity contribution is -0.177. The number of nitrogens with one attached hydrogen (secondary N) is 1. The van der Waals surface area contributed by atoms with Gasteiger partial charge in [-0.2, -0.15) is 13.2 Å². The minimum Gasteiger partial charge on any atom is -0.467 e. The lowest BCUT2D eigenvalue weighted by Gasteiger charge is -2.14. The highest BCUT2D eigenvalue weighted by molar-refractivity contribution is 6.02. The van der Waals surface area contributed by atoms with Crippen molar-refractivity contribution < 1.29 is 37.0 Å². The first kappa shape index (κ1) is 14.2. The Morgan fingerprint density at radius 1 is 1.06 bits per heavy atom. The van der Waals surface area contributed by atoms with Crippen LogP contribution in [0.25, 0.3) is 0 Å². The Bertz CT molecular complexity index is 285. The molecule has 16 heavy (non-hydrogen) atoms. The van der Waals surface area contributed by atoms with Crippen LogP contribution < -0.4 is 5.32 Å². The van der Waals surface area contributed by atoms with Gasteiger partial charge in [-0.05, 0) is 0 Å². The van der Waals surface area contributed by atoms with Gasteiger partial charge in [0.25, 0.3) is 0 Å². The summed E-state index contributed by atoms with van der Waals surface area (Å²) in [5.74, 6) is -5.15. The van der Waals surface area contributed by atoms with E-state index in [4.69, 9.17) is 0 Å². The number of carbonyl (C=O) groups excluding carboxylic acids is 3. The summed E-state index contributed by atoms with van der Waals surface area (Å²) in [6, 6.07) is -2.14. The van der Waals surface area contributed by atoms with E-state index in [9.17, 15) is 27.6 Å². The van der Waals surface area contributed by atoms with Gasteiger partial charge in [-0.3, -0.25) is 4.79 Å². The largest absolute Gasteiger partial charge is 0.471 e. The van der Waals surface area contributed by atoms with Crippen LogP contribution in [0.2, 0.25) is 0 Å². The SMILES string of the molecule is COC(=O)C(NC(=O)C(F)(F)F)C(=O)OC. The molecule has 0 aliphatic heterocycles. The van der Waals surface area contributed by atoms with Crippen molar-refractivity contribution in [1.29, 1.82) is 0 Å². The van der Waals surface area contributed by atoms with E-state index in [1.807, 2.05) is 0 Å². The molecular formula is C7H8F3NO5. The number of hydrogen-bond acceptors (Lipinski definition) is 5. The third-order valence-corrected chi connectivity index (χ3v) is 1.41. The van der Waals surface area contributed by atoms with Gasteiger partial charge in [0, 0.05) is 0 Å². The van der Waals surface area contributed by atoms with Crippen molar-refractivity contribution in [1.82, 2.24) is 5.32 Å². The second kappa shape index (κ2) is 5.33. The Kier molecular flexibility index (Phi) is 4.73. The van der Waals surface area contributed by atoms with Crippen LogP contribution in [0.3, 0.4) is 0 Å². The molecule has 0 heterocycles. The maximum atomic E-state index is 11.8. The van der Waals surface area contributed by atoms with Crippen LogP contribution in [-0.4, -0.2) is 44.3 Å². The van der Waals surface area contributed by atoms with E-state index in [-0.39, 0.29) is 0 Å². The predicted octanol–water partition coefficient (Wildman–Crippen LogP) is -0.621. The lowest BCUT2D eigenvalue weighted by Crippen LogP contribution is -2.51. The van der Waals surface area contributed by atoms with Crippen molar-refractivity contribution in [2.24, 2.45) is 0 Å². The van der Waals surface area contributed by atoms with Crippen LogP contribution in [0, 0.1) is 0 Å². The molecule has 0 atom stereocenters. The normalized spacial score (nSPS) is 10.9. The molecule has 0 aromatic carbocycles. The highest BCUT2D eigenvalue weighted by atomic mass is 19.4. The fourth-order valence-electron chi connectivity index (χ4n) is 0.663. The molecular weight excluding hydrogens is 235 g/mol. The Balaban J connectivity index is 4.76. The van der Waals surface area contributed by atoms with E-state index in [0.29, 0.717) is 0 Å². The number of alkyl halides is 3. The summed E-state index contributed by atoms with van der Waals surface area (Å²) >= 11 is 0. The molecule has 1 amide bonds. The van der Waals surface area contributed by atoms with Crippen molar-refractivity contribution in [3.63, 3.8) is 0 Å². The van der Waals surface area contributed by atoms with Gasteiger partial charge in [0.2, 0.25) is 6.04 Å². The zero-order chi connectivity index (χ0) is 12.9. The zero-order valence-corrected chi connectivity index (χ0v) is 8.25. The summed E-state index contributed by atoms with van der Waals surface area (Å²) in [6.45, 7) is 0. The summed E-state index contributed by atoms with van der Waals surface area (Å²) in [5, 5.41) is 1.15. The summed E-state index contributed by atoms with van der Waals surface area (Å²) < 4.78 is 43.5. The quantitative estimate of drug-likeness (QED) is 0.527. The first-order chi connectivity index (χ1) is 7.23. The highest BCUT2D eigenvalue weighted by Crippen LogP contribution is 2.14. The average Bonchev–Trinajstić information content (AvgIpc) is 2.21. The molecule has 0 unspecified atom stereocenters. The summed E-state index contributed by atoms with van der Waals surface area (Å²) in [6.07, 6.45) is -5.21. The monoisotopic (exact) mass is 243 g/mol. The van der Waals surface area contributed by atoms with Gasteiger partial charge in [-0.25, -0.2) is 9.59 Å². The lowest BCUT2D eigenvalue weighted by atomic mass is 10.3. The molecule has 0 rings (SSSR count). The molecule has 9 heteroatoms.